The molecule has 0 atom stereocenters. The van der Waals surface area contributed by atoms with Crippen LogP contribution in [-0.4, -0.2) is 24.0 Å². The number of hydrogen-bond acceptors (Lipinski definition) is 2. The molecule has 1 aromatic carbocycles. The molecule has 0 radical (unpaired) electrons. The van der Waals surface area contributed by atoms with Gasteiger partial charge in [-0.15, -0.1) is 0 Å². The highest BCUT2D eigenvalue weighted by molar-refractivity contribution is 5.25. The zero-order chi connectivity index (χ0) is 12.2. The Bertz CT molecular complexity index is 326. The molecule has 0 aliphatic rings. The summed E-state index contributed by atoms with van der Waals surface area (Å²) >= 11 is 0. The molecule has 2 N–H and O–H groups in total. The number of aryl methyl sites for hydroxylation is 1. The molecule has 0 unspecified atom stereocenters. The first-order valence-corrected chi connectivity index (χ1v) is 5.90. The van der Waals surface area contributed by atoms with Gasteiger partial charge in [0.15, 0.2) is 0 Å². The molecule has 0 aliphatic carbocycles. The summed E-state index contributed by atoms with van der Waals surface area (Å²) in [6.45, 7) is 8.36. The van der Waals surface area contributed by atoms with Crippen LogP contribution in [0.1, 0.15) is 31.4 Å². The minimum Gasteiger partial charge on any atom is -0.326 e. The van der Waals surface area contributed by atoms with Crippen molar-refractivity contribution in [3.05, 3.63) is 35.4 Å². The molecular weight excluding hydrogens is 196 g/mol. The Morgan fingerprint density at radius 1 is 1.25 bits per heavy atom. The van der Waals surface area contributed by atoms with E-state index in [4.69, 9.17) is 5.73 Å². The molecule has 0 aromatic heterocycles. The van der Waals surface area contributed by atoms with E-state index in [1.807, 2.05) is 0 Å². The van der Waals surface area contributed by atoms with Crippen LogP contribution in [0.4, 0.5) is 0 Å². The summed E-state index contributed by atoms with van der Waals surface area (Å²) < 4.78 is 0. The lowest BCUT2D eigenvalue weighted by Crippen LogP contribution is -2.36. The van der Waals surface area contributed by atoms with Crippen molar-refractivity contribution >= 4 is 0 Å². The summed E-state index contributed by atoms with van der Waals surface area (Å²) in [6, 6.07) is 8.54. The molecule has 90 valence electrons. The molecule has 0 spiro atoms. The summed E-state index contributed by atoms with van der Waals surface area (Å²) in [5, 5.41) is 0. The Morgan fingerprint density at radius 2 is 1.88 bits per heavy atom. The van der Waals surface area contributed by atoms with Gasteiger partial charge >= 0.3 is 0 Å². The Kier molecular flexibility index (Phi) is 4.51. The monoisotopic (exact) mass is 220 g/mol. The van der Waals surface area contributed by atoms with Gasteiger partial charge in [-0.3, -0.25) is 0 Å². The fourth-order valence-electron chi connectivity index (χ4n) is 1.64. The summed E-state index contributed by atoms with van der Waals surface area (Å²) in [6.07, 6.45) is 1.02. The van der Waals surface area contributed by atoms with E-state index in [1.165, 1.54) is 11.1 Å². The third kappa shape index (κ3) is 4.77. The average molecular weight is 220 g/mol. The van der Waals surface area contributed by atoms with Crippen LogP contribution in [0.25, 0.3) is 0 Å². The minimum atomic E-state index is -0.0695. The van der Waals surface area contributed by atoms with Crippen molar-refractivity contribution in [2.75, 3.05) is 13.6 Å². The van der Waals surface area contributed by atoms with Crippen LogP contribution < -0.4 is 5.73 Å². The van der Waals surface area contributed by atoms with Gasteiger partial charge in [0.25, 0.3) is 0 Å². The van der Waals surface area contributed by atoms with Gasteiger partial charge in [-0.25, -0.2) is 0 Å². The Morgan fingerprint density at radius 3 is 2.44 bits per heavy atom. The van der Waals surface area contributed by atoms with Crippen LogP contribution in [0.2, 0.25) is 0 Å². The van der Waals surface area contributed by atoms with E-state index < -0.39 is 0 Å². The first-order chi connectivity index (χ1) is 7.38. The van der Waals surface area contributed by atoms with Gasteiger partial charge < -0.3 is 10.6 Å². The van der Waals surface area contributed by atoms with Crippen molar-refractivity contribution in [3.63, 3.8) is 0 Å². The highest BCUT2D eigenvalue weighted by Crippen LogP contribution is 2.11. The van der Waals surface area contributed by atoms with Crippen molar-refractivity contribution < 1.29 is 0 Å². The summed E-state index contributed by atoms with van der Waals surface area (Å²) in [4.78, 5) is 2.33. The highest BCUT2D eigenvalue weighted by atomic mass is 15.1. The standard InChI is InChI=1S/C14H24N2/c1-12-7-5-6-8-13(12)11-16(4)10-9-14(2,3)15/h5-8H,9-11,15H2,1-4H3. The third-order valence-electron chi connectivity index (χ3n) is 2.84. The van der Waals surface area contributed by atoms with Gasteiger partial charge in [0.2, 0.25) is 0 Å². The maximum absolute atomic E-state index is 5.98. The van der Waals surface area contributed by atoms with E-state index in [2.05, 4.69) is 57.0 Å². The molecule has 2 heteroatoms. The topological polar surface area (TPSA) is 29.3 Å². The third-order valence-corrected chi connectivity index (χ3v) is 2.84. The van der Waals surface area contributed by atoms with Crippen LogP contribution in [0.3, 0.4) is 0 Å². The second-order valence-electron chi connectivity index (χ2n) is 5.40. The summed E-state index contributed by atoms with van der Waals surface area (Å²) in [5.74, 6) is 0. The number of nitrogens with two attached hydrogens (primary N) is 1. The molecule has 0 saturated carbocycles. The zero-order valence-electron chi connectivity index (χ0n) is 11.0. The molecule has 0 bridgehead atoms. The molecule has 1 rings (SSSR count). The fourth-order valence-corrected chi connectivity index (χ4v) is 1.64. The van der Waals surface area contributed by atoms with Gasteiger partial charge in [0.1, 0.15) is 0 Å². The number of nitrogens with zero attached hydrogens (tertiary/aromatic N) is 1. The number of hydrogen-bond donors (Lipinski definition) is 1. The normalized spacial score (nSPS) is 12.1. The molecule has 0 saturated heterocycles. The SMILES string of the molecule is Cc1ccccc1CN(C)CCC(C)(C)N. The maximum Gasteiger partial charge on any atom is 0.0233 e. The van der Waals surface area contributed by atoms with Gasteiger partial charge in [-0.05, 0) is 51.9 Å². The Hall–Kier alpha value is -0.860. The van der Waals surface area contributed by atoms with Crippen molar-refractivity contribution in [1.82, 2.24) is 4.90 Å². The van der Waals surface area contributed by atoms with E-state index in [0.717, 1.165) is 19.5 Å². The highest BCUT2D eigenvalue weighted by Gasteiger charge is 2.12. The van der Waals surface area contributed by atoms with Crippen LogP contribution in [-0.2, 0) is 6.54 Å². The molecule has 0 fully saturated rings. The second-order valence-corrected chi connectivity index (χ2v) is 5.40. The lowest BCUT2D eigenvalue weighted by atomic mass is 10.0. The van der Waals surface area contributed by atoms with Crippen molar-refractivity contribution in [2.24, 2.45) is 5.73 Å². The van der Waals surface area contributed by atoms with E-state index in [0.29, 0.717) is 0 Å². The van der Waals surface area contributed by atoms with Gasteiger partial charge in [0.05, 0.1) is 0 Å². The first kappa shape index (κ1) is 13.2. The van der Waals surface area contributed by atoms with Gasteiger partial charge in [-0.1, -0.05) is 24.3 Å². The van der Waals surface area contributed by atoms with E-state index in [9.17, 15) is 0 Å². The number of rotatable bonds is 5. The lowest BCUT2D eigenvalue weighted by Gasteiger charge is -2.24. The molecular formula is C14H24N2. The predicted octanol–water partition coefficient (Wildman–Crippen LogP) is 2.55. The second kappa shape index (κ2) is 5.46. The molecule has 2 nitrogen and oxygen atoms in total. The van der Waals surface area contributed by atoms with Crippen LogP contribution >= 0.6 is 0 Å². The van der Waals surface area contributed by atoms with Crippen LogP contribution in [0.15, 0.2) is 24.3 Å². The smallest absolute Gasteiger partial charge is 0.0233 e. The fraction of sp³-hybridized carbons (Fsp3) is 0.571. The summed E-state index contributed by atoms with van der Waals surface area (Å²) in [5.41, 5.74) is 8.68. The maximum atomic E-state index is 5.98. The molecule has 0 aliphatic heterocycles. The number of benzene rings is 1. The lowest BCUT2D eigenvalue weighted by molar-refractivity contribution is 0.288. The molecule has 0 amide bonds. The van der Waals surface area contributed by atoms with Gasteiger partial charge in [-0.2, -0.15) is 0 Å². The van der Waals surface area contributed by atoms with Crippen molar-refractivity contribution in [1.29, 1.82) is 0 Å². The van der Waals surface area contributed by atoms with Crippen molar-refractivity contribution in [3.8, 4) is 0 Å². The van der Waals surface area contributed by atoms with Crippen molar-refractivity contribution in [2.45, 2.75) is 39.3 Å². The van der Waals surface area contributed by atoms with E-state index >= 15 is 0 Å². The Labute approximate surface area is 99.5 Å². The van der Waals surface area contributed by atoms with E-state index in [-0.39, 0.29) is 5.54 Å². The Balaban J connectivity index is 2.46. The van der Waals surface area contributed by atoms with Gasteiger partial charge in [0, 0.05) is 12.1 Å². The minimum absolute atomic E-state index is 0.0695. The molecule has 0 heterocycles. The quantitative estimate of drug-likeness (QED) is 0.826. The van der Waals surface area contributed by atoms with E-state index in [1.54, 1.807) is 0 Å². The zero-order valence-corrected chi connectivity index (χ0v) is 11.0. The largest absolute Gasteiger partial charge is 0.326 e. The summed E-state index contributed by atoms with van der Waals surface area (Å²) in [7, 11) is 2.15. The predicted molar refractivity (Wildman–Crippen MR) is 70.4 cm³/mol. The average Bonchev–Trinajstić information content (AvgIpc) is 2.18. The molecule has 1 aromatic rings. The first-order valence-electron chi connectivity index (χ1n) is 5.90. The van der Waals surface area contributed by atoms with Crippen LogP contribution in [0, 0.1) is 6.92 Å². The molecule has 16 heavy (non-hydrogen) atoms. The van der Waals surface area contributed by atoms with Crippen LogP contribution in [0.5, 0.6) is 0 Å².